The standard InChI is InChI=1S/C46H78O3/c1-24-20-25(2)38-31(8)32(9)39-42(15,16)26(3)21-27(4)43(39,17)45(38,19)37(47)22-36-34(11)46(49-40(36)48)23-28(5)41(13,14)35(12)44(46,18)33(10)30(7)29(24)6/h24-33,35,38-39H,20-23H2,1-19H3. The van der Waals surface area contributed by atoms with Gasteiger partial charge in [-0.15, -0.1) is 0 Å². The van der Waals surface area contributed by atoms with Crippen molar-refractivity contribution in [1.82, 2.24) is 0 Å². The van der Waals surface area contributed by atoms with Crippen LogP contribution in [0, 0.1) is 104 Å². The molecule has 49 heavy (non-hydrogen) atoms. The van der Waals surface area contributed by atoms with Crippen molar-refractivity contribution in [1.29, 1.82) is 0 Å². The Hall–Kier alpha value is -1.12. The molecule has 0 aromatic rings. The maximum atomic E-state index is 15.8. The number of carbonyl (C=O) groups is 2. The molecule has 0 aromatic carbocycles. The molecular weight excluding hydrogens is 601 g/mol. The summed E-state index contributed by atoms with van der Waals surface area (Å²) >= 11 is 0. The summed E-state index contributed by atoms with van der Waals surface area (Å²) < 4.78 is 6.93. The van der Waals surface area contributed by atoms with Crippen molar-refractivity contribution in [2.45, 2.75) is 163 Å². The molecule has 3 saturated carbocycles. The van der Waals surface area contributed by atoms with E-state index in [1.54, 1.807) is 0 Å². The van der Waals surface area contributed by atoms with Crippen molar-refractivity contribution in [3.05, 3.63) is 11.1 Å². The number of fused-ring (bicyclic) bond motifs is 3. The molecule has 0 saturated heterocycles. The van der Waals surface area contributed by atoms with E-state index in [1.165, 1.54) is 0 Å². The Morgan fingerprint density at radius 3 is 1.76 bits per heavy atom. The first kappa shape index (κ1) is 39.1. The fraction of sp³-hybridized carbons (Fsp3) is 0.913. The normalized spacial score (nSPS) is 54.7. The molecule has 2 bridgehead atoms. The van der Waals surface area contributed by atoms with E-state index < -0.39 is 11.0 Å². The second kappa shape index (κ2) is 11.9. The van der Waals surface area contributed by atoms with Crippen LogP contribution in [-0.4, -0.2) is 17.4 Å². The van der Waals surface area contributed by atoms with Crippen LogP contribution in [0.3, 0.4) is 0 Å². The molecule has 3 fully saturated rings. The smallest absolute Gasteiger partial charge is 0.335 e. The lowest BCUT2D eigenvalue weighted by molar-refractivity contribution is -0.238. The van der Waals surface area contributed by atoms with Gasteiger partial charge in [-0.05, 0) is 125 Å². The first-order valence-electron chi connectivity index (χ1n) is 20.7. The maximum absolute atomic E-state index is 15.8. The van der Waals surface area contributed by atoms with Crippen LogP contribution >= 0.6 is 0 Å². The minimum atomic E-state index is -0.696. The largest absolute Gasteiger partial charge is 0.451 e. The summed E-state index contributed by atoms with van der Waals surface area (Å²) in [5.74, 6) is 5.58. The number of Topliss-reactive ketones (excluding diaryl/α,β-unsaturated/α-hetero) is 1. The number of rotatable bonds is 0. The van der Waals surface area contributed by atoms with E-state index in [0.29, 0.717) is 82.4 Å². The van der Waals surface area contributed by atoms with E-state index >= 15 is 4.79 Å². The molecule has 1 heterocycles. The molecule has 0 aromatic heterocycles. The first-order valence-corrected chi connectivity index (χ1v) is 20.7. The number of esters is 1. The van der Waals surface area contributed by atoms with Crippen molar-refractivity contribution in [2.24, 2.45) is 104 Å². The average Bonchev–Trinajstić information content (AvgIpc) is 3.24. The molecule has 17 unspecified atom stereocenters. The van der Waals surface area contributed by atoms with E-state index in [1.807, 2.05) is 0 Å². The summed E-state index contributed by atoms with van der Waals surface area (Å²) in [6.45, 7) is 46.6. The van der Waals surface area contributed by atoms with Gasteiger partial charge in [0.1, 0.15) is 11.4 Å². The summed E-state index contributed by atoms with van der Waals surface area (Å²) in [6.07, 6.45) is 3.31. The van der Waals surface area contributed by atoms with Crippen LogP contribution in [-0.2, 0) is 14.3 Å². The molecule has 1 spiro atoms. The van der Waals surface area contributed by atoms with Gasteiger partial charge < -0.3 is 4.74 Å². The van der Waals surface area contributed by atoms with Crippen molar-refractivity contribution < 1.29 is 14.3 Å². The van der Waals surface area contributed by atoms with E-state index in [-0.39, 0.29) is 40.0 Å². The van der Waals surface area contributed by atoms with E-state index in [9.17, 15) is 4.79 Å². The van der Waals surface area contributed by atoms with Gasteiger partial charge in [0, 0.05) is 22.8 Å². The molecule has 5 rings (SSSR count). The van der Waals surface area contributed by atoms with Crippen molar-refractivity contribution >= 4 is 11.8 Å². The third-order valence-corrected chi connectivity index (χ3v) is 20.2. The number of ketones is 1. The molecule has 0 radical (unpaired) electrons. The van der Waals surface area contributed by atoms with Gasteiger partial charge in [0.2, 0.25) is 0 Å². The highest BCUT2D eigenvalue weighted by Gasteiger charge is 2.72. The number of hydrogen-bond acceptors (Lipinski definition) is 3. The zero-order valence-electron chi connectivity index (χ0n) is 35.6. The lowest BCUT2D eigenvalue weighted by Crippen LogP contribution is -2.69. The predicted octanol–water partition coefficient (Wildman–Crippen LogP) is 12.1. The Labute approximate surface area is 303 Å². The van der Waals surface area contributed by atoms with Crippen molar-refractivity contribution in [3.8, 4) is 0 Å². The van der Waals surface area contributed by atoms with Crippen LogP contribution in [0.1, 0.15) is 157 Å². The summed E-state index contributed by atoms with van der Waals surface area (Å²) in [4.78, 5) is 30.3. The number of ether oxygens (including phenoxy) is 1. The Morgan fingerprint density at radius 2 is 1.18 bits per heavy atom. The fourth-order valence-corrected chi connectivity index (χ4v) is 15.3. The molecule has 3 heteroatoms. The van der Waals surface area contributed by atoms with Crippen LogP contribution in [0.25, 0.3) is 0 Å². The third-order valence-electron chi connectivity index (χ3n) is 20.2. The second-order valence-electron chi connectivity index (χ2n) is 21.6. The van der Waals surface area contributed by atoms with Gasteiger partial charge >= 0.3 is 5.97 Å². The van der Waals surface area contributed by atoms with E-state index in [4.69, 9.17) is 4.74 Å². The number of hydrogen-bond donors (Lipinski definition) is 0. The van der Waals surface area contributed by atoms with Crippen LogP contribution < -0.4 is 0 Å². The molecular formula is C46H78O3. The highest BCUT2D eigenvalue weighted by atomic mass is 16.6. The van der Waals surface area contributed by atoms with Crippen molar-refractivity contribution in [2.75, 3.05) is 0 Å². The Kier molecular flexibility index (Phi) is 9.53. The molecule has 17 atom stereocenters. The lowest BCUT2D eigenvalue weighted by atomic mass is 9.32. The van der Waals surface area contributed by atoms with Crippen LogP contribution in [0.4, 0.5) is 0 Å². The SMILES string of the molecule is CC1=C2CC(=O)C3(C)C(C(C)CC(C)C(C)C(C)C(C)C4(C)C(C)C(C)(C)C(C)CC14OC2=O)C(C)C(C)C1C(C)(C)C(C)CC(C)C13C. The maximum Gasteiger partial charge on any atom is 0.335 e. The average molecular weight is 679 g/mol. The highest BCUT2D eigenvalue weighted by molar-refractivity contribution is 6.01. The van der Waals surface area contributed by atoms with E-state index in [2.05, 4.69) is 132 Å². The molecule has 1 aliphatic heterocycles. The molecule has 3 nitrogen and oxygen atoms in total. The summed E-state index contributed by atoms with van der Waals surface area (Å²) in [7, 11) is 0. The van der Waals surface area contributed by atoms with Gasteiger partial charge in [-0.2, -0.15) is 0 Å². The Morgan fingerprint density at radius 1 is 0.612 bits per heavy atom. The fourth-order valence-electron chi connectivity index (χ4n) is 15.3. The van der Waals surface area contributed by atoms with Crippen LogP contribution in [0.5, 0.6) is 0 Å². The summed E-state index contributed by atoms with van der Waals surface area (Å²) in [6, 6.07) is 0. The van der Waals surface area contributed by atoms with Gasteiger partial charge in [-0.1, -0.05) is 125 Å². The molecule has 0 N–H and O–H groups in total. The zero-order valence-corrected chi connectivity index (χ0v) is 35.6. The number of carbonyl (C=O) groups excluding carboxylic acids is 2. The van der Waals surface area contributed by atoms with Gasteiger partial charge in [0.15, 0.2) is 0 Å². The quantitative estimate of drug-likeness (QED) is 0.240. The minimum absolute atomic E-state index is 0.0916. The zero-order chi connectivity index (χ0) is 37.4. The van der Waals surface area contributed by atoms with Gasteiger partial charge in [-0.25, -0.2) is 4.79 Å². The lowest BCUT2D eigenvalue weighted by Gasteiger charge is -2.72. The molecule has 4 aliphatic carbocycles. The molecule has 280 valence electrons. The molecule has 5 aliphatic rings. The topological polar surface area (TPSA) is 43.4 Å². The van der Waals surface area contributed by atoms with Gasteiger partial charge in [0.05, 0.1) is 0 Å². The van der Waals surface area contributed by atoms with Crippen LogP contribution in [0.2, 0.25) is 0 Å². The Balaban J connectivity index is 1.80. The predicted molar refractivity (Wildman–Crippen MR) is 205 cm³/mol. The molecule has 0 amide bonds. The second-order valence-corrected chi connectivity index (χ2v) is 21.6. The first-order chi connectivity index (χ1) is 22.2. The highest BCUT2D eigenvalue weighted by Crippen LogP contribution is 2.74. The monoisotopic (exact) mass is 679 g/mol. The third kappa shape index (κ3) is 4.76. The minimum Gasteiger partial charge on any atom is -0.451 e. The summed E-state index contributed by atoms with van der Waals surface area (Å²) in [5, 5.41) is 0. The van der Waals surface area contributed by atoms with E-state index in [0.717, 1.165) is 24.8 Å². The summed E-state index contributed by atoms with van der Waals surface area (Å²) in [5.41, 5.74) is 0.252. The van der Waals surface area contributed by atoms with Gasteiger partial charge in [0.25, 0.3) is 0 Å². The Bertz CT molecular complexity index is 1370. The van der Waals surface area contributed by atoms with Gasteiger partial charge in [-0.3, -0.25) is 4.79 Å². The van der Waals surface area contributed by atoms with Crippen LogP contribution in [0.15, 0.2) is 11.1 Å². The van der Waals surface area contributed by atoms with Crippen molar-refractivity contribution in [3.63, 3.8) is 0 Å².